The van der Waals surface area contributed by atoms with Crippen LogP contribution in [0.4, 0.5) is 10.5 Å². The molecule has 0 unspecified atom stereocenters. The van der Waals surface area contributed by atoms with E-state index in [1.54, 1.807) is 32.9 Å². The van der Waals surface area contributed by atoms with Gasteiger partial charge in [-0.15, -0.1) is 0 Å². The van der Waals surface area contributed by atoms with Gasteiger partial charge in [0.1, 0.15) is 5.60 Å². The molecule has 104 valence electrons. The molecule has 0 fully saturated rings. The zero-order valence-corrected chi connectivity index (χ0v) is 11.2. The Balaban J connectivity index is 2.76. The van der Waals surface area contributed by atoms with Gasteiger partial charge in [0.05, 0.1) is 5.56 Å². The molecule has 0 aliphatic carbocycles. The fraction of sp³-hybridized carbons (Fsp3) is 0.385. The maximum Gasteiger partial charge on any atom is 0.407 e. The van der Waals surface area contributed by atoms with Crippen molar-refractivity contribution in [1.82, 2.24) is 5.32 Å². The third-order valence-electron chi connectivity index (χ3n) is 2.22. The molecule has 0 saturated carbocycles. The lowest BCUT2D eigenvalue weighted by molar-refractivity contribution is 0.0521. The van der Waals surface area contributed by atoms with E-state index < -0.39 is 17.7 Å². The number of carbonyl (C=O) groups excluding carboxylic acids is 1. The number of ether oxygens (including phenoxy) is 1. The summed E-state index contributed by atoms with van der Waals surface area (Å²) in [5, 5.41) is 11.6. The summed E-state index contributed by atoms with van der Waals surface area (Å²) in [6.45, 7) is 5.28. The summed E-state index contributed by atoms with van der Waals surface area (Å²) in [6, 6.07) is 4.73. The Morgan fingerprint density at radius 3 is 2.53 bits per heavy atom. The lowest BCUT2D eigenvalue weighted by Crippen LogP contribution is -2.32. The van der Waals surface area contributed by atoms with Crippen molar-refractivity contribution < 1.29 is 19.4 Å². The molecule has 6 heteroatoms. The predicted octanol–water partition coefficient (Wildman–Crippen LogP) is 1.99. The first-order valence-electron chi connectivity index (χ1n) is 5.78. The van der Waals surface area contributed by atoms with Gasteiger partial charge in [0, 0.05) is 12.2 Å². The van der Waals surface area contributed by atoms with Gasteiger partial charge in [-0.1, -0.05) is 12.1 Å². The number of benzene rings is 1. The summed E-state index contributed by atoms with van der Waals surface area (Å²) in [4.78, 5) is 22.6. The maximum atomic E-state index is 11.5. The molecule has 0 atom stereocenters. The highest BCUT2D eigenvalue weighted by Crippen LogP contribution is 2.17. The number of hydrogen-bond acceptors (Lipinski definition) is 4. The van der Waals surface area contributed by atoms with Gasteiger partial charge in [-0.2, -0.15) is 0 Å². The number of nitrogens with one attached hydrogen (secondary N) is 1. The van der Waals surface area contributed by atoms with Crippen LogP contribution in [-0.2, 0) is 11.3 Å². The Labute approximate surface area is 111 Å². The number of aromatic carboxylic acids is 1. The van der Waals surface area contributed by atoms with E-state index in [1.165, 1.54) is 6.07 Å². The molecule has 0 bridgehead atoms. The summed E-state index contributed by atoms with van der Waals surface area (Å²) >= 11 is 0. The summed E-state index contributed by atoms with van der Waals surface area (Å²) in [6.07, 6.45) is -0.605. The molecule has 1 aromatic rings. The first kappa shape index (κ1) is 14.8. The summed E-state index contributed by atoms with van der Waals surface area (Å²) < 4.78 is 5.06. The number of alkyl carbamates (subject to hydrolysis) is 1. The lowest BCUT2D eigenvalue weighted by atomic mass is 10.1. The fourth-order valence-electron chi connectivity index (χ4n) is 1.51. The third-order valence-corrected chi connectivity index (χ3v) is 2.22. The number of nitrogens with two attached hydrogens (primary N) is 1. The second kappa shape index (κ2) is 5.60. The van der Waals surface area contributed by atoms with Crippen LogP contribution in [0.3, 0.4) is 0 Å². The first-order chi connectivity index (χ1) is 8.70. The van der Waals surface area contributed by atoms with E-state index in [0.29, 0.717) is 5.56 Å². The monoisotopic (exact) mass is 266 g/mol. The number of anilines is 1. The molecule has 6 nitrogen and oxygen atoms in total. The largest absolute Gasteiger partial charge is 0.478 e. The van der Waals surface area contributed by atoms with Crippen molar-refractivity contribution in [2.45, 2.75) is 32.9 Å². The zero-order chi connectivity index (χ0) is 14.6. The molecule has 0 aliphatic heterocycles. The first-order valence-corrected chi connectivity index (χ1v) is 5.78. The predicted molar refractivity (Wildman–Crippen MR) is 70.9 cm³/mol. The number of nitrogen functional groups attached to an aromatic ring is 1. The van der Waals surface area contributed by atoms with E-state index in [-0.39, 0.29) is 17.8 Å². The van der Waals surface area contributed by atoms with Gasteiger partial charge in [-0.05, 0) is 32.4 Å². The van der Waals surface area contributed by atoms with E-state index >= 15 is 0 Å². The van der Waals surface area contributed by atoms with Gasteiger partial charge >= 0.3 is 12.1 Å². The molecule has 0 spiro atoms. The van der Waals surface area contributed by atoms with Crippen LogP contribution in [0.1, 0.15) is 36.7 Å². The Bertz CT molecular complexity index is 492. The quantitative estimate of drug-likeness (QED) is 0.726. The van der Waals surface area contributed by atoms with Crippen molar-refractivity contribution in [1.29, 1.82) is 0 Å². The number of rotatable bonds is 3. The minimum atomic E-state index is -1.13. The average Bonchev–Trinajstić information content (AvgIpc) is 2.23. The molecule has 1 aromatic carbocycles. The van der Waals surface area contributed by atoms with Crippen molar-refractivity contribution in [3.63, 3.8) is 0 Å². The standard InChI is InChI=1S/C13H18N2O4/c1-13(2,3)19-12(18)15-7-8-5-4-6-9(14)10(8)11(16)17/h4-6H,7,14H2,1-3H3,(H,15,18)(H,16,17). The van der Waals surface area contributed by atoms with Gasteiger partial charge in [-0.3, -0.25) is 0 Å². The third kappa shape index (κ3) is 4.50. The van der Waals surface area contributed by atoms with E-state index in [1.807, 2.05) is 0 Å². The molecule has 0 saturated heterocycles. The Hall–Kier alpha value is -2.24. The van der Waals surface area contributed by atoms with Crippen molar-refractivity contribution in [3.8, 4) is 0 Å². The summed E-state index contributed by atoms with van der Waals surface area (Å²) in [5.41, 5.74) is 5.59. The average molecular weight is 266 g/mol. The molecular formula is C13H18N2O4. The number of carbonyl (C=O) groups is 2. The van der Waals surface area contributed by atoms with Crippen LogP contribution in [-0.4, -0.2) is 22.8 Å². The van der Waals surface area contributed by atoms with Crippen LogP contribution in [0, 0.1) is 0 Å². The Morgan fingerprint density at radius 2 is 2.00 bits per heavy atom. The van der Waals surface area contributed by atoms with Crippen LogP contribution in [0.2, 0.25) is 0 Å². The molecule has 4 N–H and O–H groups in total. The topological polar surface area (TPSA) is 102 Å². The van der Waals surface area contributed by atoms with Gasteiger partial charge in [0.25, 0.3) is 0 Å². The minimum Gasteiger partial charge on any atom is -0.478 e. The second-order valence-electron chi connectivity index (χ2n) is 5.04. The second-order valence-corrected chi connectivity index (χ2v) is 5.04. The molecule has 0 heterocycles. The minimum absolute atomic E-state index is 0.00133. The maximum absolute atomic E-state index is 11.5. The molecular weight excluding hydrogens is 248 g/mol. The van der Waals surface area contributed by atoms with E-state index in [4.69, 9.17) is 15.6 Å². The number of carboxylic acid groups (broad SMARTS) is 1. The van der Waals surface area contributed by atoms with Crippen molar-refractivity contribution in [2.24, 2.45) is 0 Å². The Kier molecular flexibility index (Phi) is 4.37. The fourth-order valence-corrected chi connectivity index (χ4v) is 1.51. The lowest BCUT2D eigenvalue weighted by Gasteiger charge is -2.20. The van der Waals surface area contributed by atoms with E-state index in [9.17, 15) is 9.59 Å². The molecule has 19 heavy (non-hydrogen) atoms. The molecule has 0 radical (unpaired) electrons. The zero-order valence-electron chi connectivity index (χ0n) is 11.2. The number of carboxylic acids is 1. The van der Waals surface area contributed by atoms with Crippen molar-refractivity contribution in [3.05, 3.63) is 29.3 Å². The highest BCUT2D eigenvalue weighted by molar-refractivity contribution is 5.95. The van der Waals surface area contributed by atoms with Crippen molar-refractivity contribution in [2.75, 3.05) is 5.73 Å². The van der Waals surface area contributed by atoms with Crippen LogP contribution in [0.25, 0.3) is 0 Å². The van der Waals surface area contributed by atoms with Crippen LogP contribution in [0.5, 0.6) is 0 Å². The van der Waals surface area contributed by atoms with Crippen molar-refractivity contribution >= 4 is 17.7 Å². The highest BCUT2D eigenvalue weighted by atomic mass is 16.6. The normalized spacial score (nSPS) is 10.9. The summed E-state index contributed by atoms with van der Waals surface area (Å²) in [7, 11) is 0. The number of amides is 1. The molecule has 0 aromatic heterocycles. The molecule has 0 aliphatic rings. The smallest absolute Gasteiger partial charge is 0.407 e. The van der Waals surface area contributed by atoms with Crippen LogP contribution < -0.4 is 11.1 Å². The number of hydrogen-bond donors (Lipinski definition) is 3. The van der Waals surface area contributed by atoms with Crippen LogP contribution >= 0.6 is 0 Å². The molecule has 1 rings (SSSR count). The SMILES string of the molecule is CC(C)(C)OC(=O)NCc1cccc(N)c1C(=O)O. The van der Waals surface area contributed by atoms with Gasteiger partial charge < -0.3 is 20.9 Å². The van der Waals surface area contributed by atoms with Gasteiger partial charge in [0.15, 0.2) is 0 Å². The summed E-state index contributed by atoms with van der Waals surface area (Å²) in [5.74, 6) is -1.13. The van der Waals surface area contributed by atoms with Gasteiger partial charge in [0.2, 0.25) is 0 Å². The van der Waals surface area contributed by atoms with Crippen LogP contribution in [0.15, 0.2) is 18.2 Å². The van der Waals surface area contributed by atoms with E-state index in [2.05, 4.69) is 5.32 Å². The molecule has 1 amide bonds. The highest BCUT2D eigenvalue weighted by Gasteiger charge is 2.18. The van der Waals surface area contributed by atoms with E-state index in [0.717, 1.165) is 0 Å². The Morgan fingerprint density at radius 1 is 1.37 bits per heavy atom. The van der Waals surface area contributed by atoms with Gasteiger partial charge in [-0.25, -0.2) is 9.59 Å².